The minimum Gasteiger partial charge on any atom is -0.307 e. The molecule has 1 aromatic carbocycles. The first-order valence-electron chi connectivity index (χ1n) is 5.82. The number of nitrogens with one attached hydrogen (secondary N) is 1. The molecule has 0 spiro atoms. The molecular weight excluding hydrogens is 233 g/mol. The molecule has 2 atom stereocenters. The molecule has 18 heavy (non-hydrogen) atoms. The van der Waals surface area contributed by atoms with E-state index in [2.05, 4.69) is 5.32 Å². The summed E-state index contributed by atoms with van der Waals surface area (Å²) in [4.78, 5) is 13.9. The van der Waals surface area contributed by atoms with Crippen molar-refractivity contribution in [3.8, 4) is 6.07 Å². The summed E-state index contributed by atoms with van der Waals surface area (Å²) >= 11 is 0. The van der Waals surface area contributed by atoms with Crippen LogP contribution in [0.25, 0.3) is 0 Å². The topological polar surface area (TPSA) is 56.1 Å². The van der Waals surface area contributed by atoms with Gasteiger partial charge in [0.2, 0.25) is 5.91 Å². The van der Waals surface area contributed by atoms with Gasteiger partial charge >= 0.3 is 0 Å². The van der Waals surface area contributed by atoms with E-state index >= 15 is 0 Å². The number of nitrogens with zero attached hydrogens (tertiary/aromatic N) is 2. The van der Waals surface area contributed by atoms with Gasteiger partial charge < -0.3 is 10.2 Å². The first-order chi connectivity index (χ1) is 8.63. The summed E-state index contributed by atoms with van der Waals surface area (Å²) in [7, 11) is 0. The van der Waals surface area contributed by atoms with E-state index in [0.717, 1.165) is 0 Å². The van der Waals surface area contributed by atoms with Gasteiger partial charge in [0, 0.05) is 18.3 Å². The molecule has 2 rings (SSSR count). The molecule has 0 bridgehead atoms. The third-order valence-corrected chi connectivity index (χ3v) is 3.04. The summed E-state index contributed by atoms with van der Waals surface area (Å²) in [5.41, 5.74) is 0.665. The maximum absolute atomic E-state index is 12.9. The van der Waals surface area contributed by atoms with Crippen molar-refractivity contribution in [1.29, 1.82) is 5.26 Å². The van der Waals surface area contributed by atoms with Crippen LogP contribution in [0, 0.1) is 17.1 Å². The molecule has 0 aliphatic carbocycles. The number of anilines is 1. The normalized spacial score (nSPS) is 23.8. The molecule has 4 nitrogen and oxygen atoms in total. The maximum atomic E-state index is 12.9. The average Bonchev–Trinajstić information content (AvgIpc) is 2.35. The molecule has 1 heterocycles. The van der Waals surface area contributed by atoms with Gasteiger partial charge in [0.05, 0.1) is 12.5 Å². The number of nitriles is 1. The molecule has 1 N–H and O–H groups in total. The zero-order chi connectivity index (χ0) is 13.1. The fourth-order valence-electron chi connectivity index (χ4n) is 2.11. The van der Waals surface area contributed by atoms with E-state index < -0.39 is 6.04 Å². The summed E-state index contributed by atoms with van der Waals surface area (Å²) in [5, 5.41) is 11.7. The third kappa shape index (κ3) is 2.34. The van der Waals surface area contributed by atoms with Crippen LogP contribution in [0.15, 0.2) is 24.3 Å². The van der Waals surface area contributed by atoms with Gasteiger partial charge in [-0.3, -0.25) is 4.79 Å². The standard InChI is InChI=1S/C13H14FN3O/c1-9-8-16-12(6-7-15)13(18)17(9)11-4-2-10(14)3-5-11/h2-5,9,12,16H,6,8H2,1H3. The lowest BCUT2D eigenvalue weighted by Gasteiger charge is -2.37. The summed E-state index contributed by atoms with van der Waals surface area (Å²) in [5.74, 6) is -0.468. The van der Waals surface area contributed by atoms with Crippen LogP contribution in [-0.2, 0) is 4.79 Å². The Bertz CT molecular complexity index is 480. The molecule has 2 unspecified atom stereocenters. The quantitative estimate of drug-likeness (QED) is 0.860. The van der Waals surface area contributed by atoms with E-state index in [4.69, 9.17) is 5.26 Å². The highest BCUT2D eigenvalue weighted by molar-refractivity contribution is 5.98. The highest BCUT2D eigenvalue weighted by atomic mass is 19.1. The lowest BCUT2D eigenvalue weighted by molar-refractivity contribution is -0.122. The van der Waals surface area contributed by atoms with Gasteiger partial charge in [0.15, 0.2) is 0 Å². The molecule has 1 amide bonds. The van der Waals surface area contributed by atoms with Crippen LogP contribution in [0.3, 0.4) is 0 Å². The summed E-state index contributed by atoms with van der Waals surface area (Å²) in [6.45, 7) is 2.53. The molecule has 1 aliphatic heterocycles. The van der Waals surface area contributed by atoms with Crippen molar-refractivity contribution in [3.05, 3.63) is 30.1 Å². The number of hydrogen-bond donors (Lipinski definition) is 1. The Labute approximate surface area is 105 Å². The van der Waals surface area contributed by atoms with Gasteiger partial charge in [-0.05, 0) is 31.2 Å². The van der Waals surface area contributed by atoms with Gasteiger partial charge in [-0.2, -0.15) is 5.26 Å². The number of carbonyl (C=O) groups is 1. The molecule has 1 fully saturated rings. The largest absolute Gasteiger partial charge is 0.307 e. The monoisotopic (exact) mass is 247 g/mol. The zero-order valence-electron chi connectivity index (χ0n) is 10.1. The molecule has 0 aromatic heterocycles. The first kappa shape index (κ1) is 12.5. The van der Waals surface area contributed by atoms with E-state index in [1.54, 1.807) is 17.0 Å². The summed E-state index contributed by atoms with van der Waals surface area (Å²) < 4.78 is 12.9. The second-order valence-electron chi connectivity index (χ2n) is 4.36. The summed E-state index contributed by atoms with van der Waals surface area (Å²) in [6.07, 6.45) is 0.142. The SMILES string of the molecule is CC1CNC(CC#N)C(=O)N1c1ccc(F)cc1. The Morgan fingerprint density at radius 1 is 1.50 bits per heavy atom. The Morgan fingerprint density at radius 2 is 2.17 bits per heavy atom. The Morgan fingerprint density at radius 3 is 2.78 bits per heavy atom. The number of rotatable bonds is 2. The number of amides is 1. The molecule has 1 aliphatic rings. The molecule has 0 radical (unpaired) electrons. The Balaban J connectivity index is 2.26. The number of halogens is 1. The van der Waals surface area contributed by atoms with E-state index in [1.165, 1.54) is 12.1 Å². The molecule has 5 heteroatoms. The Kier molecular flexibility index (Phi) is 3.58. The number of hydrogen-bond acceptors (Lipinski definition) is 3. The summed E-state index contributed by atoms with van der Waals surface area (Å²) in [6, 6.07) is 7.33. The van der Waals surface area contributed by atoms with Crippen LogP contribution in [0.1, 0.15) is 13.3 Å². The third-order valence-electron chi connectivity index (χ3n) is 3.04. The second-order valence-corrected chi connectivity index (χ2v) is 4.36. The number of carbonyl (C=O) groups excluding carboxylic acids is 1. The molecule has 1 saturated heterocycles. The average molecular weight is 247 g/mol. The van der Waals surface area contributed by atoms with Crippen LogP contribution in [0.2, 0.25) is 0 Å². The highest BCUT2D eigenvalue weighted by Crippen LogP contribution is 2.21. The minimum atomic E-state index is -0.476. The van der Waals surface area contributed by atoms with Crippen LogP contribution in [0.5, 0.6) is 0 Å². The van der Waals surface area contributed by atoms with Crippen molar-refractivity contribution in [2.24, 2.45) is 0 Å². The van der Waals surface area contributed by atoms with Crippen LogP contribution < -0.4 is 10.2 Å². The van der Waals surface area contributed by atoms with E-state index in [9.17, 15) is 9.18 Å². The molecular formula is C13H14FN3O. The lowest BCUT2D eigenvalue weighted by atomic mass is 10.1. The van der Waals surface area contributed by atoms with Crippen LogP contribution in [-0.4, -0.2) is 24.5 Å². The van der Waals surface area contributed by atoms with Crippen molar-refractivity contribution in [2.75, 3.05) is 11.4 Å². The van der Waals surface area contributed by atoms with Crippen molar-refractivity contribution < 1.29 is 9.18 Å². The fraction of sp³-hybridized carbons (Fsp3) is 0.385. The number of benzene rings is 1. The van der Waals surface area contributed by atoms with Crippen LogP contribution in [0.4, 0.5) is 10.1 Å². The predicted octanol–water partition coefficient (Wildman–Crippen LogP) is 1.43. The van der Waals surface area contributed by atoms with E-state index in [-0.39, 0.29) is 24.2 Å². The second kappa shape index (κ2) is 5.15. The maximum Gasteiger partial charge on any atom is 0.245 e. The van der Waals surface area contributed by atoms with Gasteiger partial charge in [0.25, 0.3) is 0 Å². The molecule has 94 valence electrons. The number of piperazine rings is 1. The molecule has 1 aromatic rings. The minimum absolute atomic E-state index is 0.0158. The van der Waals surface area contributed by atoms with Gasteiger partial charge in [-0.25, -0.2) is 4.39 Å². The van der Waals surface area contributed by atoms with Crippen molar-refractivity contribution in [1.82, 2.24) is 5.32 Å². The first-order valence-corrected chi connectivity index (χ1v) is 5.82. The fourth-order valence-corrected chi connectivity index (χ4v) is 2.11. The van der Waals surface area contributed by atoms with E-state index in [1.807, 2.05) is 13.0 Å². The Hall–Kier alpha value is -1.93. The predicted molar refractivity (Wildman–Crippen MR) is 65.4 cm³/mol. The highest BCUT2D eigenvalue weighted by Gasteiger charge is 2.33. The lowest BCUT2D eigenvalue weighted by Crippen LogP contribution is -2.59. The van der Waals surface area contributed by atoms with Crippen molar-refractivity contribution in [3.63, 3.8) is 0 Å². The van der Waals surface area contributed by atoms with Crippen LogP contribution >= 0.6 is 0 Å². The van der Waals surface area contributed by atoms with Gasteiger partial charge in [-0.1, -0.05) is 0 Å². The van der Waals surface area contributed by atoms with Gasteiger partial charge in [-0.15, -0.1) is 0 Å². The van der Waals surface area contributed by atoms with Crippen molar-refractivity contribution in [2.45, 2.75) is 25.4 Å². The smallest absolute Gasteiger partial charge is 0.245 e. The molecule has 0 saturated carbocycles. The van der Waals surface area contributed by atoms with E-state index in [0.29, 0.717) is 12.2 Å². The zero-order valence-corrected chi connectivity index (χ0v) is 10.1. The van der Waals surface area contributed by atoms with Gasteiger partial charge in [0.1, 0.15) is 11.9 Å². The van der Waals surface area contributed by atoms with Crippen molar-refractivity contribution >= 4 is 11.6 Å².